The van der Waals surface area contributed by atoms with E-state index in [1.807, 2.05) is 18.2 Å². The molecule has 0 heterocycles. The Hall–Kier alpha value is -3.28. The highest BCUT2D eigenvalue weighted by Gasteiger charge is 2.30. The lowest BCUT2D eigenvalue weighted by Crippen LogP contribution is -2.37. The van der Waals surface area contributed by atoms with E-state index in [1.54, 1.807) is 38.5 Å². The molecule has 1 aliphatic rings. The molecule has 0 bridgehead atoms. The summed E-state index contributed by atoms with van der Waals surface area (Å²) in [5.41, 5.74) is 1.65. The molecule has 0 aromatic heterocycles. The first kappa shape index (κ1) is 20.5. The van der Waals surface area contributed by atoms with E-state index in [9.17, 15) is 14.7 Å². The molecule has 3 rings (SSSR count). The van der Waals surface area contributed by atoms with Gasteiger partial charge in [0.25, 0.3) is 0 Å². The number of aryl methyl sites for hydroxylation is 1. The lowest BCUT2D eigenvalue weighted by atomic mass is 9.86. The summed E-state index contributed by atoms with van der Waals surface area (Å²) in [6, 6.07) is 10.6. The first-order chi connectivity index (χ1) is 13.7. The molecule has 0 aliphatic heterocycles. The maximum Gasteiger partial charge on any atom is 0.347 e. The number of carbonyl (C=O) groups is 2. The van der Waals surface area contributed by atoms with E-state index in [4.69, 9.17) is 14.2 Å². The Kier molecular flexibility index (Phi) is 5.64. The van der Waals surface area contributed by atoms with Crippen LogP contribution in [0, 0.1) is 0 Å². The number of carbonyl (C=O) groups excluding carboxylic acids is 1. The van der Waals surface area contributed by atoms with Gasteiger partial charge in [0.1, 0.15) is 17.2 Å². The highest BCUT2D eigenvalue weighted by atomic mass is 16.5. The fraction of sp³-hybridized carbons (Fsp3) is 0.304. The average molecular weight is 396 g/mol. The monoisotopic (exact) mass is 396 g/mol. The van der Waals surface area contributed by atoms with Gasteiger partial charge in [-0.3, -0.25) is 4.79 Å². The number of allylic oxidation sites excluding steroid dienone is 1. The van der Waals surface area contributed by atoms with Crippen LogP contribution in [0.25, 0.3) is 6.08 Å². The fourth-order valence-electron chi connectivity index (χ4n) is 3.21. The molecule has 0 unspecified atom stereocenters. The van der Waals surface area contributed by atoms with Crippen LogP contribution in [0.5, 0.6) is 17.2 Å². The SMILES string of the molecule is COc1cc(/C=C2/CCc3cc(OC(C)(C)C(=O)O)ccc3C2=O)cc(OC)c1. The van der Waals surface area contributed by atoms with Crippen LogP contribution in [-0.2, 0) is 11.2 Å². The second-order valence-electron chi connectivity index (χ2n) is 7.38. The lowest BCUT2D eigenvalue weighted by Gasteiger charge is -2.24. The van der Waals surface area contributed by atoms with Gasteiger partial charge in [0.2, 0.25) is 0 Å². The van der Waals surface area contributed by atoms with Crippen molar-refractivity contribution in [2.45, 2.75) is 32.3 Å². The number of hydrogen-bond acceptors (Lipinski definition) is 5. The summed E-state index contributed by atoms with van der Waals surface area (Å²) in [5, 5.41) is 9.23. The molecule has 2 aromatic carbocycles. The molecule has 1 N–H and O–H groups in total. The van der Waals surface area contributed by atoms with Gasteiger partial charge >= 0.3 is 5.97 Å². The van der Waals surface area contributed by atoms with Gasteiger partial charge in [-0.2, -0.15) is 0 Å². The molecule has 0 saturated carbocycles. The molecule has 6 heteroatoms. The highest BCUT2D eigenvalue weighted by Crippen LogP contribution is 2.32. The molecule has 0 fully saturated rings. The maximum absolute atomic E-state index is 13.0. The minimum Gasteiger partial charge on any atom is -0.497 e. The molecule has 152 valence electrons. The van der Waals surface area contributed by atoms with Gasteiger partial charge in [0.15, 0.2) is 11.4 Å². The Bertz CT molecular complexity index is 965. The second-order valence-corrected chi connectivity index (χ2v) is 7.38. The summed E-state index contributed by atoms with van der Waals surface area (Å²) >= 11 is 0. The number of rotatable bonds is 6. The smallest absolute Gasteiger partial charge is 0.347 e. The van der Waals surface area contributed by atoms with Crippen molar-refractivity contribution in [1.82, 2.24) is 0 Å². The highest BCUT2D eigenvalue weighted by molar-refractivity contribution is 6.13. The van der Waals surface area contributed by atoms with E-state index in [-0.39, 0.29) is 5.78 Å². The number of fused-ring (bicyclic) bond motifs is 1. The number of methoxy groups -OCH3 is 2. The number of aliphatic carboxylic acids is 1. The molecule has 0 radical (unpaired) electrons. The van der Waals surface area contributed by atoms with Crippen molar-refractivity contribution in [2.24, 2.45) is 0 Å². The van der Waals surface area contributed by atoms with E-state index in [1.165, 1.54) is 13.8 Å². The lowest BCUT2D eigenvalue weighted by molar-refractivity contribution is -0.152. The largest absolute Gasteiger partial charge is 0.497 e. The van der Waals surface area contributed by atoms with Gasteiger partial charge in [-0.1, -0.05) is 0 Å². The molecule has 2 aromatic rings. The zero-order valence-electron chi connectivity index (χ0n) is 16.9. The van der Waals surface area contributed by atoms with Crippen LogP contribution in [0.3, 0.4) is 0 Å². The molecule has 0 spiro atoms. The molecule has 0 atom stereocenters. The van der Waals surface area contributed by atoms with Gasteiger partial charge in [0, 0.05) is 17.2 Å². The van der Waals surface area contributed by atoms with E-state index >= 15 is 0 Å². The number of carboxylic acids is 1. The van der Waals surface area contributed by atoms with Crippen LogP contribution in [-0.4, -0.2) is 36.7 Å². The minimum absolute atomic E-state index is 0.0444. The van der Waals surface area contributed by atoms with Crippen molar-refractivity contribution in [1.29, 1.82) is 0 Å². The van der Waals surface area contributed by atoms with Crippen molar-refractivity contribution in [3.8, 4) is 17.2 Å². The minimum atomic E-state index is -1.34. The van der Waals surface area contributed by atoms with E-state index in [0.717, 1.165) is 11.1 Å². The summed E-state index contributed by atoms with van der Waals surface area (Å²) in [6.07, 6.45) is 3.10. The Balaban J connectivity index is 1.88. The number of ether oxygens (including phenoxy) is 3. The zero-order valence-corrected chi connectivity index (χ0v) is 16.9. The van der Waals surface area contributed by atoms with Gasteiger partial charge in [-0.15, -0.1) is 0 Å². The van der Waals surface area contributed by atoms with Crippen molar-refractivity contribution in [2.75, 3.05) is 14.2 Å². The van der Waals surface area contributed by atoms with Crippen molar-refractivity contribution >= 4 is 17.8 Å². The van der Waals surface area contributed by atoms with Crippen LogP contribution in [0.15, 0.2) is 42.0 Å². The zero-order chi connectivity index (χ0) is 21.2. The van der Waals surface area contributed by atoms with E-state index in [2.05, 4.69) is 0 Å². The number of hydrogen-bond donors (Lipinski definition) is 1. The third-order valence-corrected chi connectivity index (χ3v) is 4.88. The number of ketones is 1. The van der Waals surface area contributed by atoms with Crippen molar-refractivity contribution < 1.29 is 28.9 Å². The molecule has 6 nitrogen and oxygen atoms in total. The summed E-state index contributed by atoms with van der Waals surface area (Å²) in [7, 11) is 3.16. The maximum atomic E-state index is 13.0. The first-order valence-electron chi connectivity index (χ1n) is 9.27. The van der Waals surface area contributed by atoms with Crippen LogP contribution < -0.4 is 14.2 Å². The molecule has 29 heavy (non-hydrogen) atoms. The van der Waals surface area contributed by atoms with Crippen molar-refractivity contribution in [3.05, 3.63) is 58.7 Å². The third-order valence-electron chi connectivity index (χ3n) is 4.88. The average Bonchev–Trinajstić information content (AvgIpc) is 2.69. The fourth-order valence-corrected chi connectivity index (χ4v) is 3.21. The van der Waals surface area contributed by atoms with E-state index < -0.39 is 11.6 Å². The van der Waals surface area contributed by atoms with Crippen LogP contribution in [0.1, 0.15) is 41.8 Å². The Morgan fingerprint density at radius 1 is 1.00 bits per heavy atom. The Morgan fingerprint density at radius 2 is 1.66 bits per heavy atom. The molecular weight excluding hydrogens is 372 g/mol. The molecule has 0 amide bonds. The Labute approximate surface area is 169 Å². The number of carboxylic acid groups (broad SMARTS) is 1. The number of Topliss-reactive ketones (excluding diaryl/α,β-unsaturated/α-hetero) is 1. The predicted molar refractivity (Wildman–Crippen MR) is 109 cm³/mol. The molecule has 0 saturated heterocycles. The van der Waals surface area contributed by atoms with E-state index in [0.29, 0.717) is 41.2 Å². The van der Waals surface area contributed by atoms with Gasteiger partial charge in [-0.25, -0.2) is 4.79 Å². The van der Waals surface area contributed by atoms with Crippen LogP contribution >= 0.6 is 0 Å². The quantitative estimate of drug-likeness (QED) is 0.739. The molecular formula is C23H24O6. The Morgan fingerprint density at radius 3 is 2.24 bits per heavy atom. The summed E-state index contributed by atoms with van der Waals surface area (Å²) < 4.78 is 16.2. The summed E-state index contributed by atoms with van der Waals surface area (Å²) in [5.74, 6) is 0.654. The standard InChI is InChI=1S/C23H24O6/c1-23(2,22(25)26)29-17-7-8-20-15(12-17)5-6-16(21(20)24)9-14-10-18(27-3)13-19(11-14)28-4/h7-13H,5-6H2,1-4H3,(H,25,26)/b16-9-. The first-order valence-corrected chi connectivity index (χ1v) is 9.27. The van der Waals surface area contributed by atoms with Gasteiger partial charge in [-0.05, 0) is 74.2 Å². The predicted octanol–water partition coefficient (Wildman–Crippen LogP) is 4.16. The normalized spacial score (nSPS) is 15.0. The third kappa shape index (κ3) is 4.42. The summed E-state index contributed by atoms with van der Waals surface area (Å²) in [4.78, 5) is 24.2. The van der Waals surface area contributed by atoms with Crippen LogP contribution in [0.2, 0.25) is 0 Å². The van der Waals surface area contributed by atoms with Gasteiger partial charge in [0.05, 0.1) is 14.2 Å². The van der Waals surface area contributed by atoms with Gasteiger partial charge < -0.3 is 19.3 Å². The van der Waals surface area contributed by atoms with Crippen LogP contribution in [0.4, 0.5) is 0 Å². The van der Waals surface area contributed by atoms with Crippen molar-refractivity contribution in [3.63, 3.8) is 0 Å². The summed E-state index contributed by atoms with van der Waals surface area (Å²) in [6.45, 7) is 2.98. The number of benzene rings is 2. The topological polar surface area (TPSA) is 82.1 Å². The second kappa shape index (κ2) is 7.99. The molecule has 1 aliphatic carbocycles.